The maximum absolute atomic E-state index is 9.49. The van der Waals surface area contributed by atoms with Crippen molar-refractivity contribution in [2.75, 3.05) is 19.8 Å². The summed E-state index contributed by atoms with van der Waals surface area (Å²) in [6.07, 6.45) is 2.10. The summed E-state index contributed by atoms with van der Waals surface area (Å²) in [5.41, 5.74) is 0. The maximum Gasteiger partial charge on any atom is 0.108 e. The van der Waals surface area contributed by atoms with Gasteiger partial charge in [-0.3, -0.25) is 10.2 Å². The van der Waals surface area contributed by atoms with Crippen LogP contribution in [0, 0.1) is 5.92 Å². The topological polar surface area (TPSA) is 35.5 Å². The molecule has 0 radical (unpaired) electrons. The molecule has 3 nitrogen and oxygen atoms in total. The van der Waals surface area contributed by atoms with Crippen molar-refractivity contribution in [3.63, 3.8) is 0 Å². The molecule has 12 heavy (non-hydrogen) atoms. The lowest BCUT2D eigenvalue weighted by molar-refractivity contribution is 0.0916. The number of hydrogen-bond acceptors (Lipinski definition) is 3. The molecule has 1 unspecified atom stereocenters. The smallest absolute Gasteiger partial charge is 0.108 e. The Bertz CT molecular complexity index is 120. The van der Waals surface area contributed by atoms with Gasteiger partial charge in [-0.25, -0.2) is 0 Å². The zero-order chi connectivity index (χ0) is 8.97. The highest BCUT2D eigenvalue weighted by atomic mass is 16.3. The predicted molar refractivity (Wildman–Crippen MR) is 49.7 cm³/mol. The first kappa shape index (κ1) is 9.96. The summed E-state index contributed by atoms with van der Waals surface area (Å²) in [6, 6.07) is 0. The molecule has 0 aliphatic heterocycles. The molecule has 1 atom stereocenters. The molecule has 1 saturated carbocycles. The fourth-order valence-electron chi connectivity index (χ4n) is 1.25. The Balaban J connectivity index is 2.05. The van der Waals surface area contributed by atoms with Gasteiger partial charge in [-0.05, 0) is 31.8 Å². The van der Waals surface area contributed by atoms with Gasteiger partial charge in [-0.15, -0.1) is 0 Å². The molecule has 1 aliphatic carbocycles. The van der Waals surface area contributed by atoms with E-state index in [0.29, 0.717) is 5.92 Å². The van der Waals surface area contributed by atoms with Crippen LogP contribution in [0.2, 0.25) is 0 Å². The van der Waals surface area contributed by atoms with E-state index in [9.17, 15) is 5.11 Å². The monoisotopic (exact) mass is 172 g/mol. The van der Waals surface area contributed by atoms with Gasteiger partial charge in [0.15, 0.2) is 0 Å². The maximum atomic E-state index is 9.49. The average Bonchev–Trinajstić information content (AvgIpc) is 2.88. The molecule has 72 valence electrons. The number of rotatable bonds is 6. The van der Waals surface area contributed by atoms with Gasteiger partial charge in [-0.1, -0.05) is 13.8 Å². The molecule has 0 aromatic carbocycles. The summed E-state index contributed by atoms with van der Waals surface area (Å²) < 4.78 is 0. The third kappa shape index (κ3) is 3.09. The van der Waals surface area contributed by atoms with Crippen molar-refractivity contribution in [2.24, 2.45) is 5.92 Å². The Labute approximate surface area is 74.8 Å². The Morgan fingerprint density at radius 1 is 1.42 bits per heavy atom. The van der Waals surface area contributed by atoms with Gasteiger partial charge in [0.1, 0.15) is 6.23 Å². The van der Waals surface area contributed by atoms with E-state index in [4.69, 9.17) is 0 Å². The highest BCUT2D eigenvalue weighted by Crippen LogP contribution is 2.31. The lowest BCUT2D eigenvalue weighted by Gasteiger charge is -2.21. The van der Waals surface area contributed by atoms with Crippen LogP contribution in [-0.4, -0.2) is 36.0 Å². The molecule has 1 fully saturated rings. The van der Waals surface area contributed by atoms with Gasteiger partial charge in [0.05, 0.1) is 6.67 Å². The third-order valence-electron chi connectivity index (χ3n) is 2.49. The van der Waals surface area contributed by atoms with E-state index in [1.54, 1.807) is 0 Å². The molecule has 3 heteroatoms. The van der Waals surface area contributed by atoms with Crippen molar-refractivity contribution in [1.29, 1.82) is 0 Å². The fourth-order valence-corrected chi connectivity index (χ4v) is 1.25. The molecule has 0 bridgehead atoms. The van der Waals surface area contributed by atoms with Gasteiger partial charge in [0.2, 0.25) is 0 Å². The highest BCUT2D eigenvalue weighted by Gasteiger charge is 2.29. The second kappa shape index (κ2) is 4.80. The Kier molecular flexibility index (Phi) is 3.98. The number of aliphatic hydroxyl groups is 1. The minimum atomic E-state index is -0.273. The van der Waals surface area contributed by atoms with Crippen LogP contribution < -0.4 is 5.32 Å². The van der Waals surface area contributed by atoms with E-state index in [-0.39, 0.29) is 6.23 Å². The predicted octanol–water partition coefficient (Wildman–Crippen LogP) is 0.604. The third-order valence-corrected chi connectivity index (χ3v) is 2.49. The molecule has 2 N–H and O–H groups in total. The molecule has 0 heterocycles. The van der Waals surface area contributed by atoms with Gasteiger partial charge in [-0.2, -0.15) is 0 Å². The zero-order valence-corrected chi connectivity index (χ0v) is 8.08. The molecular weight excluding hydrogens is 152 g/mol. The van der Waals surface area contributed by atoms with Gasteiger partial charge < -0.3 is 5.11 Å². The van der Waals surface area contributed by atoms with Crippen molar-refractivity contribution in [3.05, 3.63) is 0 Å². The number of aliphatic hydroxyl groups excluding tert-OH is 1. The average molecular weight is 172 g/mol. The molecule has 0 aromatic rings. The molecule has 0 spiro atoms. The number of nitrogens with zero attached hydrogens (tertiary/aromatic N) is 1. The Hall–Kier alpha value is -0.120. The first-order chi connectivity index (χ1) is 5.77. The van der Waals surface area contributed by atoms with Crippen LogP contribution in [0.15, 0.2) is 0 Å². The van der Waals surface area contributed by atoms with Crippen molar-refractivity contribution in [1.82, 2.24) is 10.2 Å². The van der Waals surface area contributed by atoms with Crippen molar-refractivity contribution < 1.29 is 5.11 Å². The summed E-state index contributed by atoms with van der Waals surface area (Å²) in [5, 5.41) is 12.6. The zero-order valence-electron chi connectivity index (χ0n) is 8.08. The van der Waals surface area contributed by atoms with E-state index in [2.05, 4.69) is 24.1 Å². The van der Waals surface area contributed by atoms with Crippen LogP contribution >= 0.6 is 0 Å². The first-order valence-corrected chi connectivity index (χ1v) is 4.91. The molecule has 0 aromatic heterocycles. The molecular formula is C9H20N2O. The minimum absolute atomic E-state index is 0.273. The molecule has 1 aliphatic rings. The largest absolute Gasteiger partial charge is 0.378 e. The summed E-state index contributed by atoms with van der Waals surface area (Å²) in [5.74, 6) is 0.528. The van der Waals surface area contributed by atoms with Crippen molar-refractivity contribution in [3.8, 4) is 0 Å². The number of nitrogens with one attached hydrogen (secondary N) is 1. The Morgan fingerprint density at radius 3 is 2.42 bits per heavy atom. The second-order valence-electron chi connectivity index (χ2n) is 3.45. The second-order valence-corrected chi connectivity index (χ2v) is 3.45. The summed E-state index contributed by atoms with van der Waals surface area (Å²) in [7, 11) is 0. The molecule has 0 amide bonds. The summed E-state index contributed by atoms with van der Waals surface area (Å²) in [4.78, 5) is 2.26. The minimum Gasteiger partial charge on any atom is -0.378 e. The van der Waals surface area contributed by atoms with Crippen LogP contribution in [0.4, 0.5) is 0 Å². The van der Waals surface area contributed by atoms with E-state index in [1.165, 1.54) is 12.8 Å². The summed E-state index contributed by atoms with van der Waals surface area (Å²) in [6.45, 7) is 7.16. The van der Waals surface area contributed by atoms with Crippen LogP contribution in [0.5, 0.6) is 0 Å². The lowest BCUT2D eigenvalue weighted by Crippen LogP contribution is -2.40. The van der Waals surface area contributed by atoms with E-state index < -0.39 is 0 Å². The van der Waals surface area contributed by atoms with Crippen LogP contribution in [0.25, 0.3) is 0 Å². The normalized spacial score (nSPS) is 20.0. The van der Waals surface area contributed by atoms with Gasteiger partial charge in [0.25, 0.3) is 0 Å². The molecule has 1 rings (SSSR count). The van der Waals surface area contributed by atoms with E-state index >= 15 is 0 Å². The van der Waals surface area contributed by atoms with Crippen LogP contribution in [0.1, 0.15) is 26.7 Å². The molecule has 0 saturated heterocycles. The van der Waals surface area contributed by atoms with Gasteiger partial charge in [0, 0.05) is 0 Å². The Morgan fingerprint density at radius 2 is 2.00 bits per heavy atom. The SMILES string of the molecule is CCN(CC)CNC(O)C1CC1. The first-order valence-electron chi connectivity index (χ1n) is 4.91. The van der Waals surface area contributed by atoms with E-state index in [1.807, 2.05) is 0 Å². The highest BCUT2D eigenvalue weighted by molar-refractivity contribution is 4.79. The number of hydrogen-bond donors (Lipinski definition) is 2. The van der Waals surface area contributed by atoms with Crippen molar-refractivity contribution >= 4 is 0 Å². The van der Waals surface area contributed by atoms with Crippen LogP contribution in [-0.2, 0) is 0 Å². The quantitative estimate of drug-likeness (QED) is 0.576. The lowest BCUT2D eigenvalue weighted by atomic mass is 10.4. The standard InChI is InChI=1S/C9H20N2O/c1-3-11(4-2)7-10-9(12)8-5-6-8/h8-10,12H,3-7H2,1-2H3. The summed E-state index contributed by atoms with van der Waals surface area (Å²) >= 11 is 0. The van der Waals surface area contributed by atoms with Crippen LogP contribution in [0.3, 0.4) is 0 Å². The van der Waals surface area contributed by atoms with Gasteiger partial charge >= 0.3 is 0 Å². The van der Waals surface area contributed by atoms with Crippen molar-refractivity contribution in [2.45, 2.75) is 32.9 Å². The fraction of sp³-hybridized carbons (Fsp3) is 1.00. The van der Waals surface area contributed by atoms with E-state index in [0.717, 1.165) is 19.8 Å².